The van der Waals surface area contributed by atoms with Gasteiger partial charge in [0.2, 0.25) is 0 Å². The van der Waals surface area contributed by atoms with Crippen LogP contribution in [0.5, 0.6) is 0 Å². The SMILES string of the molecule is Fc1cccc2cc(CN3CCCC3)[nH]c12. The summed E-state index contributed by atoms with van der Waals surface area (Å²) in [5.41, 5.74) is 1.75. The van der Waals surface area contributed by atoms with Crippen LogP contribution >= 0.6 is 0 Å². The lowest BCUT2D eigenvalue weighted by Crippen LogP contribution is -2.18. The number of hydrogen-bond donors (Lipinski definition) is 1. The molecule has 0 bridgehead atoms. The predicted molar refractivity (Wildman–Crippen MR) is 62.8 cm³/mol. The Balaban J connectivity index is 1.90. The minimum Gasteiger partial charge on any atom is -0.355 e. The van der Waals surface area contributed by atoms with Crippen LogP contribution in [-0.2, 0) is 6.54 Å². The number of hydrogen-bond acceptors (Lipinski definition) is 1. The molecule has 0 aliphatic carbocycles. The molecule has 1 N–H and O–H groups in total. The summed E-state index contributed by atoms with van der Waals surface area (Å²) in [7, 11) is 0. The molecule has 0 amide bonds. The number of aromatic nitrogens is 1. The molecule has 1 saturated heterocycles. The van der Waals surface area contributed by atoms with Crippen molar-refractivity contribution >= 4 is 10.9 Å². The highest BCUT2D eigenvalue weighted by Gasteiger charge is 2.13. The monoisotopic (exact) mass is 218 g/mol. The minimum atomic E-state index is -0.162. The maximum atomic E-state index is 13.5. The van der Waals surface area contributed by atoms with Crippen molar-refractivity contribution in [3.8, 4) is 0 Å². The van der Waals surface area contributed by atoms with Crippen molar-refractivity contribution in [2.45, 2.75) is 19.4 Å². The molecule has 0 radical (unpaired) electrons. The average molecular weight is 218 g/mol. The van der Waals surface area contributed by atoms with E-state index in [4.69, 9.17) is 0 Å². The number of likely N-dealkylation sites (tertiary alicyclic amines) is 1. The van der Waals surface area contributed by atoms with Crippen molar-refractivity contribution in [2.75, 3.05) is 13.1 Å². The molecule has 84 valence electrons. The molecular formula is C13H15FN2. The Bertz CT molecular complexity index is 498. The van der Waals surface area contributed by atoms with Crippen LogP contribution in [0.25, 0.3) is 10.9 Å². The van der Waals surface area contributed by atoms with E-state index in [0.29, 0.717) is 5.52 Å². The molecule has 0 unspecified atom stereocenters. The van der Waals surface area contributed by atoms with Gasteiger partial charge in [-0.1, -0.05) is 12.1 Å². The van der Waals surface area contributed by atoms with Crippen LogP contribution in [0.15, 0.2) is 24.3 Å². The number of nitrogens with one attached hydrogen (secondary N) is 1. The van der Waals surface area contributed by atoms with Crippen LogP contribution < -0.4 is 0 Å². The summed E-state index contributed by atoms with van der Waals surface area (Å²) < 4.78 is 13.5. The largest absolute Gasteiger partial charge is 0.355 e. The average Bonchev–Trinajstić information content (AvgIpc) is 2.88. The van der Waals surface area contributed by atoms with Gasteiger partial charge in [0.15, 0.2) is 0 Å². The molecule has 3 rings (SSSR count). The lowest BCUT2D eigenvalue weighted by atomic mass is 10.2. The summed E-state index contributed by atoms with van der Waals surface area (Å²) in [6, 6.07) is 7.25. The van der Waals surface area contributed by atoms with Gasteiger partial charge < -0.3 is 4.98 Å². The number of halogens is 1. The highest BCUT2D eigenvalue weighted by Crippen LogP contribution is 2.20. The van der Waals surface area contributed by atoms with Gasteiger partial charge in [-0.15, -0.1) is 0 Å². The van der Waals surface area contributed by atoms with Gasteiger partial charge in [0, 0.05) is 17.6 Å². The number of H-pyrrole nitrogens is 1. The van der Waals surface area contributed by atoms with Crippen molar-refractivity contribution in [1.29, 1.82) is 0 Å². The van der Waals surface area contributed by atoms with Crippen molar-refractivity contribution < 1.29 is 4.39 Å². The zero-order valence-corrected chi connectivity index (χ0v) is 9.17. The Hall–Kier alpha value is -1.35. The second-order valence-corrected chi connectivity index (χ2v) is 4.48. The molecule has 1 aliphatic rings. The highest BCUT2D eigenvalue weighted by atomic mass is 19.1. The molecule has 16 heavy (non-hydrogen) atoms. The fraction of sp³-hybridized carbons (Fsp3) is 0.385. The first-order chi connectivity index (χ1) is 7.83. The summed E-state index contributed by atoms with van der Waals surface area (Å²) in [5, 5.41) is 0.967. The fourth-order valence-electron chi connectivity index (χ4n) is 2.44. The molecule has 1 aromatic carbocycles. The summed E-state index contributed by atoms with van der Waals surface area (Å²) in [4.78, 5) is 5.58. The lowest BCUT2D eigenvalue weighted by molar-refractivity contribution is 0.328. The third kappa shape index (κ3) is 1.71. The molecule has 0 spiro atoms. The minimum absolute atomic E-state index is 0.162. The third-order valence-corrected chi connectivity index (χ3v) is 3.25. The first-order valence-electron chi connectivity index (χ1n) is 5.81. The zero-order chi connectivity index (χ0) is 11.0. The van der Waals surface area contributed by atoms with Crippen LogP contribution in [0.3, 0.4) is 0 Å². The van der Waals surface area contributed by atoms with E-state index in [0.717, 1.165) is 30.7 Å². The smallest absolute Gasteiger partial charge is 0.147 e. The van der Waals surface area contributed by atoms with E-state index >= 15 is 0 Å². The molecule has 1 aliphatic heterocycles. The van der Waals surface area contributed by atoms with E-state index in [1.807, 2.05) is 6.07 Å². The molecule has 0 saturated carbocycles. The molecule has 1 fully saturated rings. The molecular weight excluding hydrogens is 203 g/mol. The Morgan fingerprint density at radius 2 is 2.06 bits per heavy atom. The first kappa shape index (κ1) is 9.85. The fourth-order valence-corrected chi connectivity index (χ4v) is 2.44. The number of fused-ring (bicyclic) bond motifs is 1. The Morgan fingerprint density at radius 3 is 2.81 bits per heavy atom. The van der Waals surface area contributed by atoms with Gasteiger partial charge in [-0.2, -0.15) is 0 Å². The Kier molecular flexibility index (Phi) is 2.40. The van der Waals surface area contributed by atoms with Crippen LogP contribution in [0.2, 0.25) is 0 Å². The van der Waals surface area contributed by atoms with Gasteiger partial charge in [-0.05, 0) is 38.1 Å². The van der Waals surface area contributed by atoms with E-state index in [2.05, 4.69) is 16.0 Å². The summed E-state index contributed by atoms with van der Waals surface area (Å²) in [6.07, 6.45) is 2.57. The van der Waals surface area contributed by atoms with Crippen LogP contribution in [-0.4, -0.2) is 23.0 Å². The lowest BCUT2D eigenvalue weighted by Gasteiger charge is -2.12. The zero-order valence-electron chi connectivity index (χ0n) is 9.17. The number of rotatable bonds is 2. The van der Waals surface area contributed by atoms with Crippen molar-refractivity contribution in [3.63, 3.8) is 0 Å². The van der Waals surface area contributed by atoms with Gasteiger partial charge in [0.1, 0.15) is 5.82 Å². The molecule has 0 atom stereocenters. The van der Waals surface area contributed by atoms with Crippen LogP contribution in [0.1, 0.15) is 18.5 Å². The first-order valence-corrected chi connectivity index (χ1v) is 5.81. The van der Waals surface area contributed by atoms with Gasteiger partial charge in [0.25, 0.3) is 0 Å². The number of benzene rings is 1. The normalized spacial score (nSPS) is 17.3. The summed E-state index contributed by atoms with van der Waals surface area (Å²) in [6.45, 7) is 3.24. The Labute approximate surface area is 94.1 Å². The standard InChI is InChI=1S/C13H15FN2/c14-12-5-3-4-10-8-11(15-13(10)12)9-16-6-1-2-7-16/h3-5,8,15H,1-2,6-7,9H2. The summed E-state index contributed by atoms with van der Waals surface area (Å²) in [5.74, 6) is -0.162. The molecule has 2 aromatic rings. The van der Waals surface area contributed by atoms with E-state index in [-0.39, 0.29) is 5.82 Å². The quantitative estimate of drug-likeness (QED) is 0.821. The maximum Gasteiger partial charge on any atom is 0.147 e. The molecule has 3 heteroatoms. The van der Waals surface area contributed by atoms with Gasteiger partial charge in [0.05, 0.1) is 5.52 Å². The van der Waals surface area contributed by atoms with E-state index in [9.17, 15) is 4.39 Å². The second-order valence-electron chi connectivity index (χ2n) is 4.48. The predicted octanol–water partition coefficient (Wildman–Crippen LogP) is 2.90. The topological polar surface area (TPSA) is 19.0 Å². The van der Waals surface area contributed by atoms with Crippen LogP contribution in [0.4, 0.5) is 4.39 Å². The highest BCUT2D eigenvalue weighted by molar-refractivity contribution is 5.80. The van der Waals surface area contributed by atoms with E-state index in [1.54, 1.807) is 6.07 Å². The van der Waals surface area contributed by atoms with Crippen molar-refractivity contribution in [3.05, 3.63) is 35.8 Å². The molecule has 1 aromatic heterocycles. The van der Waals surface area contributed by atoms with Gasteiger partial charge in [-0.3, -0.25) is 4.90 Å². The number of aromatic amines is 1. The summed E-state index contributed by atoms with van der Waals surface area (Å²) >= 11 is 0. The molecule has 2 heterocycles. The van der Waals surface area contributed by atoms with Gasteiger partial charge in [-0.25, -0.2) is 4.39 Å². The van der Waals surface area contributed by atoms with Crippen molar-refractivity contribution in [2.24, 2.45) is 0 Å². The third-order valence-electron chi connectivity index (χ3n) is 3.25. The van der Waals surface area contributed by atoms with Crippen molar-refractivity contribution in [1.82, 2.24) is 9.88 Å². The second kappa shape index (κ2) is 3.91. The van der Waals surface area contributed by atoms with E-state index in [1.165, 1.54) is 18.9 Å². The Morgan fingerprint density at radius 1 is 1.25 bits per heavy atom. The number of nitrogens with zero attached hydrogens (tertiary/aromatic N) is 1. The van der Waals surface area contributed by atoms with Gasteiger partial charge >= 0.3 is 0 Å². The maximum absolute atomic E-state index is 13.5. The van der Waals surface area contributed by atoms with Crippen LogP contribution in [0, 0.1) is 5.82 Å². The molecule has 2 nitrogen and oxygen atoms in total. The van der Waals surface area contributed by atoms with E-state index < -0.39 is 0 Å². The number of para-hydroxylation sites is 1.